The fraction of sp³-hybridized carbons (Fsp3) is 0.588. The standard InChI is InChI=1S/C17H26N2O2S/c1-13-8-9-19(11-13)16(20)18-15-7-5-6-14(10-15)12-22(21)17(2,3)4/h5-7,10,13H,8-9,11-12H2,1-4H3,(H,18,20). The molecule has 2 unspecified atom stereocenters. The molecular formula is C17H26N2O2S. The van der Waals surface area contributed by atoms with Crippen LogP contribution in [0, 0.1) is 5.92 Å². The van der Waals surface area contributed by atoms with Gasteiger partial charge in [0.2, 0.25) is 0 Å². The zero-order valence-corrected chi connectivity index (χ0v) is 14.7. The maximum Gasteiger partial charge on any atom is 0.321 e. The van der Waals surface area contributed by atoms with Crippen molar-refractivity contribution >= 4 is 22.5 Å². The Labute approximate surface area is 135 Å². The van der Waals surface area contributed by atoms with Crippen molar-refractivity contribution in [2.45, 2.75) is 44.6 Å². The van der Waals surface area contributed by atoms with E-state index in [0.717, 1.165) is 30.8 Å². The fourth-order valence-electron chi connectivity index (χ4n) is 2.43. The predicted octanol–water partition coefficient (Wildman–Crippen LogP) is 3.61. The Morgan fingerprint density at radius 2 is 2.14 bits per heavy atom. The zero-order chi connectivity index (χ0) is 16.3. The van der Waals surface area contributed by atoms with Crippen LogP contribution in [0.5, 0.6) is 0 Å². The van der Waals surface area contributed by atoms with Gasteiger partial charge in [0.15, 0.2) is 0 Å². The summed E-state index contributed by atoms with van der Waals surface area (Å²) in [7, 11) is -0.939. The van der Waals surface area contributed by atoms with Gasteiger partial charge < -0.3 is 10.2 Å². The lowest BCUT2D eigenvalue weighted by Gasteiger charge is -2.19. The molecule has 1 saturated heterocycles. The molecular weight excluding hydrogens is 296 g/mol. The molecule has 0 bridgehead atoms. The Bertz CT molecular complexity index is 566. The third kappa shape index (κ3) is 4.57. The maximum atomic E-state index is 12.2. The lowest BCUT2D eigenvalue weighted by Crippen LogP contribution is -2.32. The third-order valence-electron chi connectivity index (χ3n) is 3.87. The molecule has 1 aromatic rings. The van der Waals surface area contributed by atoms with Crippen LogP contribution in [0.15, 0.2) is 24.3 Å². The number of benzene rings is 1. The highest BCUT2D eigenvalue weighted by Gasteiger charge is 2.23. The van der Waals surface area contributed by atoms with Crippen LogP contribution in [-0.2, 0) is 16.6 Å². The number of carbonyl (C=O) groups excluding carboxylic acids is 1. The number of nitrogens with zero attached hydrogens (tertiary/aromatic N) is 1. The van der Waals surface area contributed by atoms with Crippen LogP contribution < -0.4 is 5.32 Å². The Kier molecular flexibility index (Phi) is 5.27. The van der Waals surface area contributed by atoms with E-state index in [1.165, 1.54) is 0 Å². The van der Waals surface area contributed by atoms with Crippen molar-refractivity contribution in [3.05, 3.63) is 29.8 Å². The number of rotatable bonds is 3. The number of nitrogens with one attached hydrogen (secondary N) is 1. The minimum Gasteiger partial charge on any atom is -0.324 e. The fourth-order valence-corrected chi connectivity index (χ4v) is 3.34. The molecule has 1 aromatic carbocycles. The van der Waals surface area contributed by atoms with Crippen molar-refractivity contribution in [1.29, 1.82) is 0 Å². The van der Waals surface area contributed by atoms with Crippen LogP contribution in [0.4, 0.5) is 10.5 Å². The van der Waals surface area contributed by atoms with E-state index < -0.39 is 10.8 Å². The summed E-state index contributed by atoms with van der Waals surface area (Å²) in [5, 5.41) is 2.94. The van der Waals surface area contributed by atoms with Gasteiger partial charge in [-0.2, -0.15) is 0 Å². The number of urea groups is 1. The van der Waals surface area contributed by atoms with Crippen LogP contribution in [-0.4, -0.2) is 33.0 Å². The number of likely N-dealkylation sites (tertiary alicyclic amines) is 1. The second kappa shape index (κ2) is 6.82. The van der Waals surface area contributed by atoms with Crippen LogP contribution in [0.1, 0.15) is 39.7 Å². The molecule has 1 fully saturated rings. The first-order chi connectivity index (χ1) is 10.3. The summed E-state index contributed by atoms with van der Waals surface area (Å²) in [6, 6.07) is 7.61. The van der Waals surface area contributed by atoms with Gasteiger partial charge in [0.05, 0.1) is 0 Å². The van der Waals surface area contributed by atoms with E-state index >= 15 is 0 Å². The number of hydrogen-bond donors (Lipinski definition) is 1. The lowest BCUT2D eigenvalue weighted by atomic mass is 10.2. The van der Waals surface area contributed by atoms with E-state index in [0.29, 0.717) is 11.7 Å². The molecule has 1 N–H and O–H groups in total. The van der Waals surface area contributed by atoms with Crippen LogP contribution in [0.25, 0.3) is 0 Å². The van der Waals surface area contributed by atoms with Crippen LogP contribution in [0.2, 0.25) is 0 Å². The van der Waals surface area contributed by atoms with Gasteiger partial charge >= 0.3 is 6.03 Å². The Balaban J connectivity index is 1.99. The van der Waals surface area contributed by atoms with Gasteiger partial charge in [0.1, 0.15) is 0 Å². The molecule has 2 rings (SSSR count). The summed E-state index contributed by atoms with van der Waals surface area (Å²) in [5.41, 5.74) is 1.76. The van der Waals surface area contributed by atoms with Crippen molar-refractivity contribution in [2.75, 3.05) is 18.4 Å². The topological polar surface area (TPSA) is 49.4 Å². The predicted molar refractivity (Wildman–Crippen MR) is 92.4 cm³/mol. The minimum atomic E-state index is -0.939. The van der Waals surface area contributed by atoms with Crippen LogP contribution in [0.3, 0.4) is 0 Å². The van der Waals surface area contributed by atoms with Gasteiger partial charge in [0.25, 0.3) is 0 Å². The average Bonchev–Trinajstić information content (AvgIpc) is 2.85. The molecule has 0 spiro atoms. The van der Waals surface area contributed by atoms with E-state index in [1.807, 2.05) is 49.9 Å². The summed E-state index contributed by atoms with van der Waals surface area (Å²) in [5.74, 6) is 1.08. The van der Waals surface area contributed by atoms with Crippen molar-refractivity contribution < 1.29 is 9.00 Å². The van der Waals surface area contributed by atoms with E-state index in [2.05, 4.69) is 12.2 Å². The molecule has 122 valence electrons. The van der Waals surface area contributed by atoms with E-state index in [4.69, 9.17) is 0 Å². The Morgan fingerprint density at radius 1 is 1.41 bits per heavy atom. The molecule has 2 amide bonds. The maximum absolute atomic E-state index is 12.2. The average molecular weight is 322 g/mol. The van der Waals surface area contributed by atoms with E-state index in [9.17, 15) is 9.00 Å². The van der Waals surface area contributed by atoms with E-state index in [1.54, 1.807) is 0 Å². The monoisotopic (exact) mass is 322 g/mol. The van der Waals surface area contributed by atoms with Gasteiger partial charge in [-0.3, -0.25) is 4.21 Å². The Morgan fingerprint density at radius 3 is 2.73 bits per heavy atom. The summed E-state index contributed by atoms with van der Waals surface area (Å²) < 4.78 is 12.0. The number of carbonyl (C=O) groups is 1. The third-order valence-corrected chi connectivity index (χ3v) is 5.83. The zero-order valence-electron chi connectivity index (χ0n) is 13.9. The lowest BCUT2D eigenvalue weighted by molar-refractivity contribution is 0.221. The first-order valence-electron chi connectivity index (χ1n) is 7.79. The molecule has 1 heterocycles. The van der Waals surface area contributed by atoms with E-state index in [-0.39, 0.29) is 10.8 Å². The summed E-state index contributed by atoms with van der Waals surface area (Å²) in [6.07, 6.45) is 1.07. The molecule has 0 radical (unpaired) electrons. The summed E-state index contributed by atoms with van der Waals surface area (Å²) in [6.45, 7) is 9.73. The van der Waals surface area contributed by atoms with Gasteiger partial charge in [-0.25, -0.2) is 4.79 Å². The smallest absolute Gasteiger partial charge is 0.321 e. The highest BCUT2D eigenvalue weighted by atomic mass is 32.2. The Hall–Kier alpha value is -1.36. The molecule has 2 atom stereocenters. The first kappa shape index (κ1) is 17.0. The van der Waals surface area contributed by atoms with Crippen LogP contribution >= 0.6 is 0 Å². The molecule has 0 saturated carbocycles. The van der Waals surface area contributed by atoms with Crippen molar-refractivity contribution in [1.82, 2.24) is 4.90 Å². The summed E-state index contributed by atoms with van der Waals surface area (Å²) in [4.78, 5) is 14.1. The van der Waals surface area contributed by atoms with Gasteiger partial charge in [0, 0.05) is 40.1 Å². The molecule has 1 aliphatic rings. The second-order valence-electron chi connectivity index (χ2n) is 7.07. The molecule has 0 aliphatic carbocycles. The largest absolute Gasteiger partial charge is 0.324 e. The molecule has 5 heteroatoms. The van der Waals surface area contributed by atoms with Gasteiger partial charge in [-0.1, -0.05) is 19.1 Å². The van der Waals surface area contributed by atoms with Crippen molar-refractivity contribution in [2.24, 2.45) is 5.92 Å². The van der Waals surface area contributed by atoms with Gasteiger partial charge in [-0.15, -0.1) is 0 Å². The molecule has 4 nitrogen and oxygen atoms in total. The normalized spacial score (nSPS) is 20.0. The number of hydrogen-bond acceptors (Lipinski definition) is 2. The first-order valence-corrected chi connectivity index (χ1v) is 9.11. The number of anilines is 1. The quantitative estimate of drug-likeness (QED) is 0.924. The highest BCUT2D eigenvalue weighted by Crippen LogP contribution is 2.20. The summed E-state index contributed by atoms with van der Waals surface area (Å²) >= 11 is 0. The molecule has 22 heavy (non-hydrogen) atoms. The van der Waals surface area contributed by atoms with Crippen molar-refractivity contribution in [3.63, 3.8) is 0 Å². The van der Waals surface area contributed by atoms with Gasteiger partial charge in [-0.05, 0) is 50.8 Å². The highest BCUT2D eigenvalue weighted by molar-refractivity contribution is 7.85. The second-order valence-corrected chi connectivity index (χ2v) is 9.28. The minimum absolute atomic E-state index is 0.0431. The number of amides is 2. The SMILES string of the molecule is CC1CCN(C(=O)Nc2cccc(CS(=O)C(C)(C)C)c2)C1. The van der Waals surface area contributed by atoms with Crippen molar-refractivity contribution in [3.8, 4) is 0 Å². The molecule has 1 aliphatic heterocycles. The molecule has 0 aromatic heterocycles.